The van der Waals surface area contributed by atoms with Crippen LogP contribution in [0.5, 0.6) is 0 Å². The maximum Gasteiger partial charge on any atom is 0.341 e. The quantitative estimate of drug-likeness (QED) is 0.386. The summed E-state index contributed by atoms with van der Waals surface area (Å²) < 4.78 is 10.9. The largest absolute Gasteiger partial charge is 0.421 e. The van der Waals surface area contributed by atoms with Gasteiger partial charge in [0.05, 0.1) is 23.3 Å². The SMILES string of the molecule is CCCCC(C(O)CC)C(O)CC(OC(=O)c1ccccc1)OC(=O)c1ccccc1. The standard InChI is InChI=1S/C25H32O6/c1-3-5-16-20(21(26)4-2)22(27)17-23(30-24(28)18-12-8-6-9-13-18)31-25(29)19-14-10-7-11-15-19/h6-15,20-23,26-27H,3-5,16-17H2,1-2H3. The van der Waals surface area contributed by atoms with Crippen LogP contribution in [0.25, 0.3) is 0 Å². The van der Waals surface area contributed by atoms with Gasteiger partial charge in [-0.05, 0) is 37.1 Å². The van der Waals surface area contributed by atoms with Crippen molar-refractivity contribution in [2.75, 3.05) is 0 Å². The van der Waals surface area contributed by atoms with Gasteiger partial charge in [0.2, 0.25) is 0 Å². The van der Waals surface area contributed by atoms with Crippen LogP contribution in [0.2, 0.25) is 0 Å². The van der Waals surface area contributed by atoms with Crippen LogP contribution in [-0.4, -0.2) is 40.6 Å². The smallest absolute Gasteiger partial charge is 0.341 e. The van der Waals surface area contributed by atoms with Crippen molar-refractivity contribution in [2.24, 2.45) is 5.92 Å². The highest BCUT2D eigenvalue weighted by molar-refractivity contribution is 5.90. The molecule has 2 rings (SSSR count). The maximum atomic E-state index is 12.5. The van der Waals surface area contributed by atoms with Gasteiger partial charge in [0.15, 0.2) is 0 Å². The second-order valence-electron chi connectivity index (χ2n) is 7.56. The monoisotopic (exact) mass is 428 g/mol. The van der Waals surface area contributed by atoms with Crippen LogP contribution in [0, 0.1) is 5.92 Å². The molecule has 0 saturated heterocycles. The Kier molecular flexibility index (Phi) is 10.2. The molecule has 2 N–H and O–H groups in total. The molecule has 0 aromatic heterocycles. The number of carbonyl (C=O) groups is 2. The van der Waals surface area contributed by atoms with E-state index in [9.17, 15) is 19.8 Å². The van der Waals surface area contributed by atoms with Crippen LogP contribution in [0.4, 0.5) is 0 Å². The Balaban J connectivity index is 2.16. The number of benzene rings is 2. The van der Waals surface area contributed by atoms with Gasteiger partial charge in [-0.1, -0.05) is 63.1 Å². The van der Waals surface area contributed by atoms with Crippen molar-refractivity contribution >= 4 is 11.9 Å². The van der Waals surface area contributed by atoms with E-state index in [4.69, 9.17) is 9.47 Å². The number of aliphatic hydroxyl groups excluding tert-OH is 2. The minimum Gasteiger partial charge on any atom is -0.421 e. The predicted molar refractivity (Wildman–Crippen MR) is 117 cm³/mol. The molecule has 0 saturated carbocycles. The van der Waals surface area contributed by atoms with Gasteiger partial charge < -0.3 is 19.7 Å². The molecule has 0 aliphatic rings. The van der Waals surface area contributed by atoms with Gasteiger partial charge in [-0.3, -0.25) is 0 Å². The maximum absolute atomic E-state index is 12.5. The van der Waals surface area contributed by atoms with Crippen LogP contribution in [0.15, 0.2) is 60.7 Å². The molecule has 31 heavy (non-hydrogen) atoms. The number of esters is 2. The lowest BCUT2D eigenvalue weighted by Gasteiger charge is -2.29. The van der Waals surface area contributed by atoms with Crippen LogP contribution >= 0.6 is 0 Å². The fourth-order valence-electron chi connectivity index (χ4n) is 3.40. The summed E-state index contributed by atoms with van der Waals surface area (Å²) >= 11 is 0. The minimum absolute atomic E-state index is 0.122. The van der Waals surface area contributed by atoms with E-state index in [0.717, 1.165) is 12.8 Å². The fraction of sp³-hybridized carbons (Fsp3) is 0.440. The van der Waals surface area contributed by atoms with Crippen molar-refractivity contribution in [3.05, 3.63) is 71.8 Å². The fourth-order valence-corrected chi connectivity index (χ4v) is 3.40. The van der Waals surface area contributed by atoms with Gasteiger partial charge in [0.25, 0.3) is 6.29 Å². The molecule has 2 aromatic carbocycles. The summed E-state index contributed by atoms with van der Waals surface area (Å²) in [4.78, 5) is 25.1. The highest BCUT2D eigenvalue weighted by Gasteiger charge is 2.31. The molecule has 168 valence electrons. The van der Waals surface area contributed by atoms with Crippen LogP contribution < -0.4 is 0 Å². The lowest BCUT2D eigenvalue weighted by Crippen LogP contribution is -2.37. The molecule has 3 unspecified atom stereocenters. The van der Waals surface area contributed by atoms with Gasteiger partial charge in [0, 0.05) is 12.3 Å². The zero-order valence-corrected chi connectivity index (χ0v) is 18.1. The Bertz CT molecular complexity index is 739. The molecule has 0 bridgehead atoms. The molecular weight excluding hydrogens is 396 g/mol. The van der Waals surface area contributed by atoms with Gasteiger partial charge in [-0.2, -0.15) is 0 Å². The van der Waals surface area contributed by atoms with Crippen molar-refractivity contribution in [1.82, 2.24) is 0 Å². The number of hydrogen-bond acceptors (Lipinski definition) is 6. The van der Waals surface area contributed by atoms with E-state index in [0.29, 0.717) is 24.0 Å². The van der Waals surface area contributed by atoms with Crippen molar-refractivity contribution in [3.8, 4) is 0 Å². The summed E-state index contributed by atoms with van der Waals surface area (Å²) in [6, 6.07) is 16.8. The third-order valence-electron chi connectivity index (χ3n) is 5.23. The second-order valence-corrected chi connectivity index (χ2v) is 7.56. The highest BCUT2D eigenvalue weighted by Crippen LogP contribution is 2.24. The van der Waals surface area contributed by atoms with E-state index < -0.39 is 36.4 Å². The molecule has 0 heterocycles. The Morgan fingerprint density at radius 2 is 1.29 bits per heavy atom. The summed E-state index contributed by atoms with van der Waals surface area (Å²) in [5.74, 6) is -1.71. The van der Waals surface area contributed by atoms with E-state index in [-0.39, 0.29) is 6.42 Å². The van der Waals surface area contributed by atoms with Gasteiger partial charge in [0.1, 0.15) is 0 Å². The minimum atomic E-state index is -1.29. The molecular formula is C25H32O6. The first kappa shape index (κ1) is 24.6. The summed E-state index contributed by atoms with van der Waals surface area (Å²) in [6.07, 6.45) is -0.226. The summed E-state index contributed by atoms with van der Waals surface area (Å²) in [7, 11) is 0. The van der Waals surface area contributed by atoms with E-state index >= 15 is 0 Å². The molecule has 0 radical (unpaired) electrons. The number of ether oxygens (including phenoxy) is 2. The average Bonchev–Trinajstić information content (AvgIpc) is 2.80. The van der Waals surface area contributed by atoms with Gasteiger partial charge >= 0.3 is 11.9 Å². The van der Waals surface area contributed by atoms with Crippen LogP contribution in [0.3, 0.4) is 0 Å². The summed E-state index contributed by atoms with van der Waals surface area (Å²) in [5.41, 5.74) is 0.628. The van der Waals surface area contributed by atoms with E-state index in [1.807, 2.05) is 13.8 Å². The molecule has 6 nitrogen and oxygen atoms in total. The highest BCUT2D eigenvalue weighted by atomic mass is 16.7. The number of unbranched alkanes of at least 4 members (excludes halogenated alkanes) is 1. The second kappa shape index (κ2) is 12.9. The van der Waals surface area contributed by atoms with E-state index in [1.54, 1.807) is 60.7 Å². The molecule has 0 amide bonds. The number of hydrogen-bond donors (Lipinski definition) is 2. The third-order valence-corrected chi connectivity index (χ3v) is 5.23. The topological polar surface area (TPSA) is 93.1 Å². The lowest BCUT2D eigenvalue weighted by molar-refractivity contribution is -0.110. The van der Waals surface area contributed by atoms with E-state index in [1.165, 1.54) is 0 Å². The average molecular weight is 429 g/mol. The first-order valence-corrected chi connectivity index (χ1v) is 10.8. The van der Waals surface area contributed by atoms with Crippen molar-refractivity contribution in [1.29, 1.82) is 0 Å². The normalized spacial score (nSPS) is 14.0. The number of rotatable bonds is 12. The molecule has 0 fully saturated rings. The summed E-state index contributed by atoms with van der Waals surface area (Å²) in [6.45, 7) is 3.88. The molecule has 0 aliphatic carbocycles. The Hall–Kier alpha value is -2.70. The van der Waals surface area contributed by atoms with E-state index in [2.05, 4.69) is 0 Å². The van der Waals surface area contributed by atoms with Crippen LogP contribution in [-0.2, 0) is 9.47 Å². The first-order chi connectivity index (χ1) is 15.0. The molecule has 3 atom stereocenters. The predicted octanol–water partition coefficient (Wildman–Crippen LogP) is 4.35. The summed E-state index contributed by atoms with van der Waals surface area (Å²) in [5, 5.41) is 21.2. The Morgan fingerprint density at radius 3 is 1.71 bits per heavy atom. The number of aliphatic hydroxyl groups is 2. The first-order valence-electron chi connectivity index (χ1n) is 10.8. The third kappa shape index (κ3) is 7.81. The Morgan fingerprint density at radius 1 is 0.806 bits per heavy atom. The Labute approximate surface area is 183 Å². The van der Waals surface area contributed by atoms with Crippen molar-refractivity contribution in [3.63, 3.8) is 0 Å². The van der Waals surface area contributed by atoms with Crippen LogP contribution in [0.1, 0.15) is 66.7 Å². The van der Waals surface area contributed by atoms with Gasteiger partial charge in [-0.15, -0.1) is 0 Å². The number of carbonyl (C=O) groups excluding carboxylic acids is 2. The van der Waals surface area contributed by atoms with Crippen molar-refractivity contribution < 1.29 is 29.3 Å². The zero-order chi connectivity index (χ0) is 22.6. The van der Waals surface area contributed by atoms with Crippen molar-refractivity contribution in [2.45, 2.75) is 64.4 Å². The molecule has 2 aromatic rings. The molecule has 0 aliphatic heterocycles. The molecule has 6 heteroatoms. The molecule has 0 spiro atoms. The van der Waals surface area contributed by atoms with Gasteiger partial charge in [-0.25, -0.2) is 9.59 Å². The lowest BCUT2D eigenvalue weighted by atomic mass is 9.87. The zero-order valence-electron chi connectivity index (χ0n) is 18.1.